The third-order valence-corrected chi connectivity index (χ3v) is 2.91. The van der Waals surface area contributed by atoms with E-state index in [4.69, 9.17) is 9.84 Å². The van der Waals surface area contributed by atoms with Gasteiger partial charge in [-0.25, -0.2) is 9.78 Å². The molecule has 0 unspecified atom stereocenters. The number of ether oxygens (including phenoxy) is 1. The molecule has 0 bridgehead atoms. The summed E-state index contributed by atoms with van der Waals surface area (Å²) in [4.78, 5) is 14.8. The highest BCUT2D eigenvalue weighted by Gasteiger charge is 2.26. The van der Waals surface area contributed by atoms with Crippen LogP contribution in [0.15, 0.2) is 18.2 Å². The number of carbonyl (C=O) groups is 1. The maximum atomic E-state index is 10.8. The van der Waals surface area contributed by atoms with Gasteiger partial charge in [-0.1, -0.05) is 13.0 Å². The summed E-state index contributed by atoms with van der Waals surface area (Å²) >= 11 is 0. The third-order valence-electron chi connectivity index (χ3n) is 2.91. The normalized spacial score (nSPS) is 23.6. The zero-order valence-corrected chi connectivity index (χ0v) is 9.72. The Kier molecular flexibility index (Phi) is 3.58. The van der Waals surface area contributed by atoms with Crippen LogP contribution in [0.25, 0.3) is 0 Å². The fourth-order valence-corrected chi connectivity index (χ4v) is 2.04. The highest BCUT2D eigenvalue weighted by molar-refractivity contribution is 5.85. The van der Waals surface area contributed by atoms with Gasteiger partial charge >= 0.3 is 5.97 Å². The highest BCUT2D eigenvalue weighted by atomic mass is 16.5. The minimum Gasteiger partial charge on any atom is -0.477 e. The van der Waals surface area contributed by atoms with Crippen LogP contribution in [0.4, 0.5) is 5.82 Å². The number of carboxylic acids is 1. The van der Waals surface area contributed by atoms with E-state index in [1.807, 2.05) is 0 Å². The summed E-state index contributed by atoms with van der Waals surface area (Å²) in [5.41, 5.74) is 0.0574. The number of rotatable bonds is 4. The lowest BCUT2D eigenvalue weighted by atomic mass is 10.1. The first kappa shape index (κ1) is 11.9. The molecule has 1 fully saturated rings. The van der Waals surface area contributed by atoms with Gasteiger partial charge in [-0.05, 0) is 25.0 Å². The molecule has 1 saturated heterocycles. The second-order valence-electron chi connectivity index (χ2n) is 4.07. The van der Waals surface area contributed by atoms with Gasteiger partial charge in [0, 0.05) is 6.61 Å². The summed E-state index contributed by atoms with van der Waals surface area (Å²) in [5.74, 6) is -0.415. The molecule has 1 aliphatic rings. The van der Waals surface area contributed by atoms with Gasteiger partial charge in [0.25, 0.3) is 0 Å². The summed E-state index contributed by atoms with van der Waals surface area (Å²) < 4.78 is 5.56. The average molecular weight is 236 g/mol. The standard InChI is InChI=1S/C12H16N2O3/c1-2-10-8(6-7-17-10)13-11-5-3-4-9(14-11)12(15)16/h3-5,8,10H,2,6-7H2,1H3,(H,13,14)(H,15,16)/t8-,10+/m1/s1. The lowest BCUT2D eigenvalue weighted by molar-refractivity contribution is 0.0690. The zero-order valence-electron chi connectivity index (χ0n) is 9.72. The van der Waals surface area contributed by atoms with Crippen LogP contribution in [-0.2, 0) is 4.74 Å². The second kappa shape index (κ2) is 5.14. The summed E-state index contributed by atoms with van der Waals surface area (Å²) in [6.07, 6.45) is 2.05. The van der Waals surface area contributed by atoms with Crippen molar-refractivity contribution in [1.82, 2.24) is 4.98 Å². The van der Waals surface area contributed by atoms with E-state index >= 15 is 0 Å². The van der Waals surface area contributed by atoms with Crippen molar-refractivity contribution in [2.75, 3.05) is 11.9 Å². The minimum absolute atomic E-state index is 0.0574. The van der Waals surface area contributed by atoms with Gasteiger partial charge in [0.1, 0.15) is 5.82 Å². The van der Waals surface area contributed by atoms with Gasteiger partial charge in [-0.15, -0.1) is 0 Å². The maximum absolute atomic E-state index is 10.8. The molecular weight excluding hydrogens is 220 g/mol. The molecule has 1 aromatic heterocycles. The van der Waals surface area contributed by atoms with Gasteiger partial charge in [0.05, 0.1) is 12.1 Å². The number of aromatic carboxylic acids is 1. The molecule has 0 radical (unpaired) electrons. The van der Waals surface area contributed by atoms with Crippen molar-refractivity contribution in [3.8, 4) is 0 Å². The lowest BCUT2D eigenvalue weighted by Crippen LogP contribution is -2.29. The number of anilines is 1. The monoisotopic (exact) mass is 236 g/mol. The molecule has 1 aromatic rings. The van der Waals surface area contributed by atoms with Gasteiger partial charge in [0.2, 0.25) is 0 Å². The molecule has 0 aliphatic carbocycles. The third kappa shape index (κ3) is 2.74. The fraction of sp³-hybridized carbons (Fsp3) is 0.500. The first-order valence-electron chi connectivity index (χ1n) is 5.79. The highest BCUT2D eigenvalue weighted by Crippen LogP contribution is 2.20. The van der Waals surface area contributed by atoms with Gasteiger partial charge < -0.3 is 15.2 Å². The van der Waals surface area contributed by atoms with Crippen LogP contribution in [0.3, 0.4) is 0 Å². The van der Waals surface area contributed by atoms with Crippen LogP contribution in [0.1, 0.15) is 30.3 Å². The molecular formula is C12H16N2O3. The molecule has 2 heterocycles. The van der Waals surface area contributed by atoms with Crippen molar-refractivity contribution in [2.24, 2.45) is 0 Å². The molecule has 0 spiro atoms. The first-order chi connectivity index (χ1) is 8.20. The molecule has 0 saturated carbocycles. The Morgan fingerprint density at radius 1 is 1.65 bits per heavy atom. The molecule has 92 valence electrons. The van der Waals surface area contributed by atoms with E-state index in [0.29, 0.717) is 5.82 Å². The number of carboxylic acid groups (broad SMARTS) is 1. The molecule has 17 heavy (non-hydrogen) atoms. The molecule has 2 N–H and O–H groups in total. The summed E-state index contributed by atoms with van der Waals surface area (Å²) in [6, 6.07) is 5.17. The molecule has 5 heteroatoms. The molecule has 2 rings (SSSR count). The van der Waals surface area contributed by atoms with Crippen LogP contribution < -0.4 is 5.32 Å². The van der Waals surface area contributed by atoms with Crippen molar-refractivity contribution in [1.29, 1.82) is 0 Å². The van der Waals surface area contributed by atoms with Crippen LogP contribution in [-0.4, -0.2) is 34.8 Å². The summed E-state index contributed by atoms with van der Waals surface area (Å²) in [6.45, 7) is 2.82. The van der Waals surface area contributed by atoms with Crippen molar-refractivity contribution < 1.29 is 14.6 Å². The number of nitrogens with one attached hydrogen (secondary N) is 1. The van der Waals surface area contributed by atoms with E-state index in [1.165, 1.54) is 6.07 Å². The summed E-state index contributed by atoms with van der Waals surface area (Å²) in [7, 11) is 0. The number of pyridine rings is 1. The van der Waals surface area contributed by atoms with Crippen LogP contribution in [0.2, 0.25) is 0 Å². The molecule has 2 atom stereocenters. The largest absolute Gasteiger partial charge is 0.477 e. The van der Waals surface area contributed by atoms with Crippen LogP contribution in [0.5, 0.6) is 0 Å². The van der Waals surface area contributed by atoms with E-state index < -0.39 is 5.97 Å². The van der Waals surface area contributed by atoms with Gasteiger partial charge in [0.15, 0.2) is 5.69 Å². The molecule has 0 amide bonds. The number of hydrogen-bond acceptors (Lipinski definition) is 4. The Hall–Kier alpha value is -1.62. The average Bonchev–Trinajstić information content (AvgIpc) is 2.76. The second-order valence-corrected chi connectivity index (χ2v) is 4.07. The number of hydrogen-bond donors (Lipinski definition) is 2. The van der Waals surface area contributed by atoms with Gasteiger partial charge in [-0.2, -0.15) is 0 Å². The maximum Gasteiger partial charge on any atom is 0.354 e. The fourth-order valence-electron chi connectivity index (χ4n) is 2.04. The van der Waals surface area contributed by atoms with E-state index in [1.54, 1.807) is 12.1 Å². The lowest BCUT2D eigenvalue weighted by Gasteiger charge is -2.18. The minimum atomic E-state index is -1.01. The smallest absolute Gasteiger partial charge is 0.354 e. The van der Waals surface area contributed by atoms with E-state index in [9.17, 15) is 4.79 Å². The summed E-state index contributed by atoms with van der Waals surface area (Å²) in [5, 5.41) is 12.1. The molecule has 1 aliphatic heterocycles. The van der Waals surface area contributed by atoms with E-state index in [-0.39, 0.29) is 17.8 Å². The van der Waals surface area contributed by atoms with Crippen molar-refractivity contribution in [3.63, 3.8) is 0 Å². The van der Waals surface area contributed by atoms with Crippen molar-refractivity contribution in [3.05, 3.63) is 23.9 Å². The molecule has 5 nitrogen and oxygen atoms in total. The topological polar surface area (TPSA) is 71.5 Å². The quantitative estimate of drug-likeness (QED) is 0.833. The van der Waals surface area contributed by atoms with Gasteiger partial charge in [-0.3, -0.25) is 0 Å². The zero-order chi connectivity index (χ0) is 12.3. The Morgan fingerprint density at radius 2 is 2.47 bits per heavy atom. The Bertz CT molecular complexity index is 408. The SMILES string of the molecule is CC[C@@H]1OCC[C@H]1Nc1cccc(C(=O)O)n1. The molecule has 0 aromatic carbocycles. The van der Waals surface area contributed by atoms with Crippen LogP contribution >= 0.6 is 0 Å². The predicted octanol–water partition coefficient (Wildman–Crippen LogP) is 1.76. The van der Waals surface area contributed by atoms with Crippen LogP contribution in [0, 0.1) is 0 Å². The Morgan fingerprint density at radius 3 is 3.18 bits per heavy atom. The predicted molar refractivity (Wildman–Crippen MR) is 63.3 cm³/mol. The van der Waals surface area contributed by atoms with E-state index in [0.717, 1.165) is 19.4 Å². The Balaban J connectivity index is 2.07. The Labute approximate surface area is 99.8 Å². The van der Waals surface area contributed by atoms with Crippen molar-refractivity contribution in [2.45, 2.75) is 31.9 Å². The van der Waals surface area contributed by atoms with E-state index in [2.05, 4.69) is 17.2 Å². The first-order valence-corrected chi connectivity index (χ1v) is 5.79. The number of aromatic nitrogens is 1. The van der Waals surface area contributed by atoms with Crippen molar-refractivity contribution >= 4 is 11.8 Å². The number of nitrogens with zero attached hydrogens (tertiary/aromatic N) is 1.